The average Bonchev–Trinajstić information content (AvgIpc) is 3.18. The molecule has 0 spiro atoms. The maximum absolute atomic E-state index is 12.4. The van der Waals surface area contributed by atoms with Crippen molar-refractivity contribution in [3.63, 3.8) is 0 Å². The predicted molar refractivity (Wildman–Crippen MR) is 103 cm³/mol. The number of hydrogen-bond donors (Lipinski definition) is 2. The van der Waals surface area contributed by atoms with Gasteiger partial charge in [0, 0.05) is 25.3 Å². The van der Waals surface area contributed by atoms with E-state index in [1.807, 2.05) is 73.6 Å². The van der Waals surface area contributed by atoms with E-state index in [0.717, 1.165) is 16.8 Å². The number of anilines is 1. The van der Waals surface area contributed by atoms with Crippen LogP contribution in [0.2, 0.25) is 0 Å². The van der Waals surface area contributed by atoms with Crippen LogP contribution in [0.4, 0.5) is 5.69 Å². The molecule has 7 heteroatoms. The van der Waals surface area contributed by atoms with Gasteiger partial charge in [0.15, 0.2) is 0 Å². The summed E-state index contributed by atoms with van der Waals surface area (Å²) in [5.41, 5.74) is 2.82. The zero-order valence-corrected chi connectivity index (χ0v) is 15.3. The fraction of sp³-hybridized carbons (Fsp3) is 0.250. The number of aliphatic hydroxyl groups is 1. The van der Waals surface area contributed by atoms with E-state index in [1.165, 1.54) is 0 Å². The van der Waals surface area contributed by atoms with Crippen molar-refractivity contribution in [2.24, 2.45) is 0 Å². The van der Waals surface area contributed by atoms with Gasteiger partial charge in [0.2, 0.25) is 5.82 Å². The minimum Gasteiger partial charge on any atom is -0.394 e. The fourth-order valence-electron chi connectivity index (χ4n) is 2.65. The molecule has 0 aliphatic carbocycles. The summed E-state index contributed by atoms with van der Waals surface area (Å²) in [7, 11) is 3.91. The molecule has 1 aromatic heterocycles. The molecule has 0 saturated carbocycles. The highest BCUT2D eigenvalue weighted by molar-refractivity contribution is 5.90. The Morgan fingerprint density at radius 3 is 2.48 bits per heavy atom. The van der Waals surface area contributed by atoms with Crippen molar-refractivity contribution in [2.45, 2.75) is 12.5 Å². The van der Waals surface area contributed by atoms with E-state index >= 15 is 0 Å². The van der Waals surface area contributed by atoms with Crippen LogP contribution < -0.4 is 10.2 Å². The van der Waals surface area contributed by atoms with Crippen LogP contribution in [0.1, 0.15) is 16.2 Å². The zero-order valence-electron chi connectivity index (χ0n) is 15.3. The smallest absolute Gasteiger partial charge is 0.316 e. The molecule has 0 saturated heterocycles. The maximum Gasteiger partial charge on any atom is 0.316 e. The number of nitrogens with zero attached hydrogens (tertiary/aromatic N) is 3. The Labute approximate surface area is 157 Å². The van der Waals surface area contributed by atoms with Crippen LogP contribution >= 0.6 is 0 Å². The highest BCUT2D eigenvalue weighted by atomic mass is 16.5. The van der Waals surface area contributed by atoms with Crippen LogP contribution in [-0.2, 0) is 6.42 Å². The molecule has 3 aromatic rings. The molecule has 1 heterocycles. The lowest BCUT2D eigenvalue weighted by Crippen LogP contribution is -2.39. The molecule has 1 atom stereocenters. The predicted octanol–water partition coefficient (Wildman–Crippen LogP) is 2.14. The Hall–Kier alpha value is -3.19. The number of aromatic nitrogens is 2. The summed E-state index contributed by atoms with van der Waals surface area (Å²) < 4.78 is 5.09. The van der Waals surface area contributed by atoms with Crippen molar-refractivity contribution in [2.75, 3.05) is 25.6 Å². The van der Waals surface area contributed by atoms with Crippen LogP contribution in [-0.4, -0.2) is 47.9 Å². The molecule has 3 rings (SSSR count). The lowest BCUT2D eigenvalue weighted by Gasteiger charge is -2.14. The summed E-state index contributed by atoms with van der Waals surface area (Å²) in [4.78, 5) is 18.5. The largest absolute Gasteiger partial charge is 0.394 e. The first-order valence-corrected chi connectivity index (χ1v) is 8.64. The number of aliphatic hydroxyl groups excluding tert-OH is 1. The Morgan fingerprint density at radius 2 is 1.85 bits per heavy atom. The van der Waals surface area contributed by atoms with Gasteiger partial charge in [-0.1, -0.05) is 35.5 Å². The molecule has 0 aliphatic rings. The number of carbonyl (C=O) groups is 1. The van der Waals surface area contributed by atoms with E-state index in [-0.39, 0.29) is 12.5 Å². The topological polar surface area (TPSA) is 91.5 Å². The number of benzene rings is 2. The van der Waals surface area contributed by atoms with E-state index in [1.54, 1.807) is 0 Å². The SMILES string of the molecule is CN(C)c1ccc(-c2noc(C(=O)N[C@@H](CO)Cc3ccccc3)n2)cc1. The van der Waals surface area contributed by atoms with Crippen molar-refractivity contribution in [3.05, 3.63) is 66.1 Å². The summed E-state index contributed by atoms with van der Waals surface area (Å²) in [5, 5.41) is 16.2. The molecule has 27 heavy (non-hydrogen) atoms. The average molecular weight is 366 g/mol. The number of rotatable bonds is 7. The van der Waals surface area contributed by atoms with Gasteiger partial charge in [0.1, 0.15) is 0 Å². The van der Waals surface area contributed by atoms with Crippen LogP contribution in [0.25, 0.3) is 11.4 Å². The van der Waals surface area contributed by atoms with Crippen LogP contribution in [0.3, 0.4) is 0 Å². The maximum atomic E-state index is 12.4. The molecule has 0 unspecified atom stereocenters. The first-order chi connectivity index (χ1) is 13.1. The van der Waals surface area contributed by atoms with E-state index < -0.39 is 11.9 Å². The quantitative estimate of drug-likeness (QED) is 0.666. The standard InChI is InChI=1S/C20H22N4O3/c1-24(2)17-10-8-15(9-11-17)18-22-20(27-23-18)19(26)21-16(13-25)12-14-6-4-3-5-7-14/h3-11,16,25H,12-13H2,1-2H3,(H,21,26)/t16-/m1/s1. The summed E-state index contributed by atoms with van der Waals surface area (Å²) in [6, 6.07) is 16.8. The summed E-state index contributed by atoms with van der Waals surface area (Å²) in [6.07, 6.45) is 0.510. The Kier molecular flexibility index (Phi) is 5.83. The first kappa shape index (κ1) is 18.6. The van der Waals surface area contributed by atoms with Crippen molar-refractivity contribution in [3.8, 4) is 11.4 Å². The molecule has 0 radical (unpaired) electrons. The Bertz CT molecular complexity index is 876. The number of nitrogens with one attached hydrogen (secondary N) is 1. The summed E-state index contributed by atoms with van der Waals surface area (Å²) in [6.45, 7) is -0.187. The van der Waals surface area contributed by atoms with E-state index in [2.05, 4.69) is 15.5 Å². The van der Waals surface area contributed by atoms with Gasteiger partial charge in [-0.3, -0.25) is 4.79 Å². The van der Waals surface area contributed by atoms with Gasteiger partial charge in [-0.15, -0.1) is 0 Å². The second-order valence-electron chi connectivity index (χ2n) is 6.41. The normalized spacial score (nSPS) is 11.8. The van der Waals surface area contributed by atoms with Crippen LogP contribution in [0, 0.1) is 0 Å². The van der Waals surface area contributed by atoms with Crippen molar-refractivity contribution in [1.82, 2.24) is 15.5 Å². The zero-order chi connectivity index (χ0) is 19.2. The number of amides is 1. The molecular weight excluding hydrogens is 344 g/mol. The third kappa shape index (κ3) is 4.71. The van der Waals surface area contributed by atoms with Crippen LogP contribution in [0.15, 0.2) is 59.1 Å². The van der Waals surface area contributed by atoms with Crippen molar-refractivity contribution < 1.29 is 14.4 Å². The summed E-state index contributed by atoms with van der Waals surface area (Å²) >= 11 is 0. The van der Waals surface area contributed by atoms with Gasteiger partial charge in [0.05, 0.1) is 12.6 Å². The van der Waals surface area contributed by atoms with Gasteiger partial charge in [-0.05, 0) is 36.2 Å². The minimum absolute atomic E-state index is 0.131. The number of hydrogen-bond acceptors (Lipinski definition) is 6. The van der Waals surface area contributed by atoms with E-state index in [0.29, 0.717) is 12.2 Å². The molecule has 1 amide bonds. The van der Waals surface area contributed by atoms with Gasteiger partial charge in [-0.2, -0.15) is 4.98 Å². The molecule has 140 valence electrons. The van der Waals surface area contributed by atoms with Gasteiger partial charge >= 0.3 is 11.8 Å². The van der Waals surface area contributed by atoms with Gasteiger partial charge < -0.3 is 19.8 Å². The van der Waals surface area contributed by atoms with Crippen LogP contribution in [0.5, 0.6) is 0 Å². The Balaban J connectivity index is 1.67. The van der Waals surface area contributed by atoms with Crippen molar-refractivity contribution >= 4 is 11.6 Å². The molecular formula is C20H22N4O3. The second kappa shape index (κ2) is 8.46. The highest BCUT2D eigenvalue weighted by Gasteiger charge is 2.20. The second-order valence-corrected chi connectivity index (χ2v) is 6.41. The third-order valence-electron chi connectivity index (χ3n) is 4.14. The Morgan fingerprint density at radius 1 is 1.15 bits per heavy atom. The highest BCUT2D eigenvalue weighted by Crippen LogP contribution is 2.20. The lowest BCUT2D eigenvalue weighted by molar-refractivity contribution is 0.0872. The molecule has 0 bridgehead atoms. The van der Waals surface area contributed by atoms with E-state index in [4.69, 9.17) is 4.52 Å². The van der Waals surface area contributed by atoms with Crippen molar-refractivity contribution in [1.29, 1.82) is 0 Å². The molecule has 7 nitrogen and oxygen atoms in total. The number of carbonyl (C=O) groups excluding carboxylic acids is 1. The fourth-order valence-corrected chi connectivity index (χ4v) is 2.65. The molecule has 0 aliphatic heterocycles. The summed E-state index contributed by atoms with van der Waals surface area (Å²) in [5.74, 6) is -0.295. The molecule has 0 fully saturated rings. The monoisotopic (exact) mass is 366 g/mol. The lowest BCUT2D eigenvalue weighted by atomic mass is 10.1. The van der Waals surface area contributed by atoms with E-state index in [9.17, 15) is 9.90 Å². The third-order valence-corrected chi connectivity index (χ3v) is 4.14. The first-order valence-electron chi connectivity index (χ1n) is 8.64. The van der Waals surface area contributed by atoms with Gasteiger partial charge in [0.25, 0.3) is 0 Å². The minimum atomic E-state index is -0.506. The van der Waals surface area contributed by atoms with Gasteiger partial charge in [-0.25, -0.2) is 0 Å². The molecule has 2 N–H and O–H groups in total. The molecule has 2 aromatic carbocycles.